The highest BCUT2D eigenvalue weighted by Gasteiger charge is 2.26. The molecule has 0 spiro atoms. The van der Waals surface area contributed by atoms with Crippen molar-refractivity contribution >= 4 is 28.3 Å². The number of fused-ring (bicyclic) bond motifs is 1. The SMILES string of the molecule is Cn1c(C2CCCCC2=O)cc2c(Cl)cccc21. The lowest BCUT2D eigenvalue weighted by atomic mass is 9.85. The van der Waals surface area contributed by atoms with Crippen LogP contribution in [0, 0.1) is 0 Å². The van der Waals surface area contributed by atoms with E-state index in [1.165, 1.54) is 0 Å². The molecule has 1 unspecified atom stereocenters. The zero-order valence-corrected chi connectivity index (χ0v) is 11.2. The van der Waals surface area contributed by atoms with Crippen LogP contribution in [0.15, 0.2) is 24.3 Å². The van der Waals surface area contributed by atoms with Gasteiger partial charge >= 0.3 is 0 Å². The van der Waals surface area contributed by atoms with Gasteiger partial charge in [-0.05, 0) is 31.0 Å². The summed E-state index contributed by atoms with van der Waals surface area (Å²) >= 11 is 6.22. The number of halogens is 1. The number of ketones is 1. The second-order valence-electron chi connectivity index (χ2n) is 5.07. The maximum atomic E-state index is 12.1. The van der Waals surface area contributed by atoms with Crippen molar-refractivity contribution in [1.29, 1.82) is 0 Å². The Balaban J connectivity index is 2.14. The number of hydrogen-bond acceptors (Lipinski definition) is 1. The third kappa shape index (κ3) is 1.76. The molecule has 1 atom stereocenters. The minimum absolute atomic E-state index is 0.0622. The Morgan fingerprint density at radius 3 is 2.89 bits per heavy atom. The Hall–Kier alpha value is -1.28. The van der Waals surface area contributed by atoms with E-state index in [4.69, 9.17) is 11.6 Å². The van der Waals surface area contributed by atoms with Crippen LogP contribution >= 0.6 is 11.6 Å². The molecule has 2 nitrogen and oxygen atoms in total. The van der Waals surface area contributed by atoms with Crippen molar-refractivity contribution in [3.05, 3.63) is 35.0 Å². The minimum Gasteiger partial charge on any atom is -0.347 e. The largest absolute Gasteiger partial charge is 0.347 e. The fraction of sp³-hybridized carbons (Fsp3) is 0.400. The molecule has 18 heavy (non-hydrogen) atoms. The molecule has 0 amide bonds. The van der Waals surface area contributed by atoms with Crippen molar-refractivity contribution in [2.45, 2.75) is 31.6 Å². The number of aromatic nitrogens is 1. The molecule has 2 aromatic rings. The smallest absolute Gasteiger partial charge is 0.141 e. The Morgan fingerprint density at radius 2 is 2.17 bits per heavy atom. The van der Waals surface area contributed by atoms with Gasteiger partial charge in [-0.3, -0.25) is 4.79 Å². The minimum atomic E-state index is 0.0622. The number of benzene rings is 1. The quantitative estimate of drug-likeness (QED) is 0.759. The van der Waals surface area contributed by atoms with Crippen molar-refractivity contribution < 1.29 is 4.79 Å². The fourth-order valence-electron chi connectivity index (χ4n) is 2.97. The molecular weight excluding hydrogens is 246 g/mol. The monoisotopic (exact) mass is 261 g/mol. The second kappa shape index (κ2) is 4.43. The lowest BCUT2D eigenvalue weighted by Gasteiger charge is -2.21. The predicted octanol–water partition coefficient (Wildman–Crippen LogP) is 4.06. The highest BCUT2D eigenvalue weighted by atomic mass is 35.5. The summed E-state index contributed by atoms with van der Waals surface area (Å²) in [5.74, 6) is 0.440. The Morgan fingerprint density at radius 1 is 1.33 bits per heavy atom. The Bertz CT molecular complexity index is 614. The maximum absolute atomic E-state index is 12.1. The molecule has 0 aliphatic heterocycles. The summed E-state index contributed by atoms with van der Waals surface area (Å²) in [5.41, 5.74) is 2.22. The number of carbonyl (C=O) groups is 1. The highest BCUT2D eigenvalue weighted by Crippen LogP contribution is 2.35. The van der Waals surface area contributed by atoms with E-state index in [0.717, 1.165) is 47.3 Å². The van der Waals surface area contributed by atoms with Crippen LogP contribution in [0.4, 0.5) is 0 Å². The summed E-state index contributed by atoms with van der Waals surface area (Å²) in [6, 6.07) is 8.00. The molecule has 1 aliphatic carbocycles. The van der Waals surface area contributed by atoms with Crippen molar-refractivity contribution in [3.8, 4) is 0 Å². The van der Waals surface area contributed by atoms with E-state index < -0.39 is 0 Å². The van der Waals surface area contributed by atoms with Crippen molar-refractivity contribution in [3.63, 3.8) is 0 Å². The summed E-state index contributed by atoms with van der Waals surface area (Å²) in [6.45, 7) is 0. The van der Waals surface area contributed by atoms with Crippen LogP contribution in [-0.2, 0) is 11.8 Å². The molecule has 94 valence electrons. The molecule has 3 rings (SSSR count). The molecule has 0 saturated heterocycles. The number of nitrogens with zero attached hydrogens (tertiary/aromatic N) is 1. The molecule has 0 N–H and O–H groups in total. The molecule has 1 aliphatic rings. The van der Waals surface area contributed by atoms with Gasteiger partial charge in [0.1, 0.15) is 5.78 Å². The van der Waals surface area contributed by atoms with Gasteiger partial charge in [0.2, 0.25) is 0 Å². The average Bonchev–Trinajstić information content (AvgIpc) is 2.70. The predicted molar refractivity (Wildman–Crippen MR) is 74.1 cm³/mol. The van der Waals surface area contributed by atoms with Crippen LogP contribution in [0.5, 0.6) is 0 Å². The first-order valence-corrected chi connectivity index (χ1v) is 6.83. The third-order valence-corrected chi connectivity index (χ3v) is 4.31. The van der Waals surface area contributed by atoms with Gasteiger partial charge in [-0.2, -0.15) is 0 Å². The van der Waals surface area contributed by atoms with Crippen LogP contribution in [0.1, 0.15) is 37.3 Å². The van der Waals surface area contributed by atoms with E-state index in [1.807, 2.05) is 19.2 Å². The summed E-state index contributed by atoms with van der Waals surface area (Å²) in [6.07, 6.45) is 3.88. The summed E-state index contributed by atoms with van der Waals surface area (Å²) in [5, 5.41) is 1.81. The number of carbonyl (C=O) groups excluding carboxylic acids is 1. The number of Topliss-reactive ketones (excluding diaryl/α,β-unsaturated/α-hetero) is 1. The van der Waals surface area contributed by atoms with E-state index in [0.29, 0.717) is 5.78 Å². The number of hydrogen-bond donors (Lipinski definition) is 0. The molecule has 1 fully saturated rings. The topological polar surface area (TPSA) is 22.0 Å². The Kier molecular flexibility index (Phi) is 2.90. The first kappa shape index (κ1) is 11.8. The van der Waals surface area contributed by atoms with Crippen LogP contribution in [0.2, 0.25) is 5.02 Å². The van der Waals surface area contributed by atoms with Crippen LogP contribution < -0.4 is 0 Å². The van der Waals surface area contributed by atoms with Gasteiger partial charge in [0.05, 0.1) is 5.92 Å². The van der Waals surface area contributed by atoms with Crippen LogP contribution in [0.3, 0.4) is 0 Å². The van der Waals surface area contributed by atoms with Gasteiger partial charge in [0, 0.05) is 35.1 Å². The summed E-state index contributed by atoms with van der Waals surface area (Å²) in [7, 11) is 2.02. The van der Waals surface area contributed by atoms with Gasteiger partial charge in [0.15, 0.2) is 0 Å². The van der Waals surface area contributed by atoms with Gasteiger partial charge in [-0.15, -0.1) is 0 Å². The lowest BCUT2D eigenvalue weighted by molar-refractivity contribution is -0.122. The number of aryl methyl sites for hydroxylation is 1. The average molecular weight is 262 g/mol. The highest BCUT2D eigenvalue weighted by molar-refractivity contribution is 6.35. The normalized spacial score (nSPS) is 20.6. The van der Waals surface area contributed by atoms with Crippen molar-refractivity contribution in [2.75, 3.05) is 0 Å². The summed E-state index contributed by atoms with van der Waals surface area (Å²) in [4.78, 5) is 12.1. The van der Waals surface area contributed by atoms with E-state index in [2.05, 4.69) is 16.7 Å². The van der Waals surface area contributed by atoms with Crippen LogP contribution in [-0.4, -0.2) is 10.4 Å². The van der Waals surface area contributed by atoms with E-state index in [9.17, 15) is 4.79 Å². The first-order valence-electron chi connectivity index (χ1n) is 6.45. The summed E-state index contributed by atoms with van der Waals surface area (Å²) < 4.78 is 2.12. The van der Waals surface area contributed by atoms with Crippen LogP contribution in [0.25, 0.3) is 10.9 Å². The van der Waals surface area contributed by atoms with Gasteiger partial charge in [-0.25, -0.2) is 0 Å². The van der Waals surface area contributed by atoms with Gasteiger partial charge in [-0.1, -0.05) is 24.1 Å². The standard InChI is InChI=1S/C15H16ClNO/c1-17-13-7-4-6-12(16)11(13)9-14(17)10-5-2-3-8-15(10)18/h4,6-7,9-10H,2-3,5,8H2,1H3. The number of rotatable bonds is 1. The van der Waals surface area contributed by atoms with E-state index in [1.54, 1.807) is 0 Å². The van der Waals surface area contributed by atoms with E-state index in [-0.39, 0.29) is 5.92 Å². The van der Waals surface area contributed by atoms with Gasteiger partial charge < -0.3 is 4.57 Å². The zero-order valence-electron chi connectivity index (χ0n) is 10.4. The fourth-order valence-corrected chi connectivity index (χ4v) is 3.20. The van der Waals surface area contributed by atoms with E-state index >= 15 is 0 Å². The molecule has 1 aromatic heterocycles. The van der Waals surface area contributed by atoms with Crippen molar-refractivity contribution in [2.24, 2.45) is 7.05 Å². The third-order valence-electron chi connectivity index (χ3n) is 3.98. The van der Waals surface area contributed by atoms with Gasteiger partial charge in [0.25, 0.3) is 0 Å². The molecule has 3 heteroatoms. The maximum Gasteiger partial charge on any atom is 0.141 e. The lowest BCUT2D eigenvalue weighted by Crippen LogP contribution is -2.19. The molecule has 0 radical (unpaired) electrons. The first-order chi connectivity index (χ1) is 8.68. The molecule has 1 saturated carbocycles. The molecule has 1 heterocycles. The molecule has 0 bridgehead atoms. The molecule has 1 aromatic carbocycles. The second-order valence-corrected chi connectivity index (χ2v) is 5.47. The Labute approximate surface area is 112 Å². The zero-order chi connectivity index (χ0) is 12.7. The molecular formula is C15H16ClNO. The van der Waals surface area contributed by atoms with Crippen molar-refractivity contribution in [1.82, 2.24) is 4.57 Å².